The highest BCUT2D eigenvalue weighted by Crippen LogP contribution is 2.25. The van der Waals surface area contributed by atoms with Crippen LogP contribution in [0.2, 0.25) is 0 Å². The van der Waals surface area contributed by atoms with Crippen molar-refractivity contribution in [2.24, 2.45) is 0 Å². The van der Waals surface area contributed by atoms with E-state index in [4.69, 9.17) is 4.42 Å². The second kappa shape index (κ2) is 2.59. The molecule has 0 bridgehead atoms. The van der Waals surface area contributed by atoms with E-state index in [9.17, 15) is 0 Å². The highest BCUT2D eigenvalue weighted by Gasteiger charge is 2.20. The number of oxazole rings is 1. The molecule has 0 aliphatic carbocycles. The second-order valence-corrected chi connectivity index (χ2v) is 4.16. The fourth-order valence-corrected chi connectivity index (χ4v) is 1.14. The molecule has 2 aromatic rings. The Balaban J connectivity index is 2.63. The molecule has 1 aromatic carbocycles. The van der Waals surface area contributed by atoms with Gasteiger partial charge in [0.25, 0.3) is 0 Å². The van der Waals surface area contributed by atoms with Crippen LogP contribution in [0.1, 0.15) is 26.7 Å². The first kappa shape index (κ1) is 8.30. The van der Waals surface area contributed by atoms with E-state index in [1.165, 1.54) is 0 Å². The minimum atomic E-state index is -0.0288. The monoisotopic (exact) mass is 174 g/mol. The lowest BCUT2D eigenvalue weighted by atomic mass is 9.97. The molecule has 67 valence electrons. The van der Waals surface area contributed by atoms with Crippen molar-refractivity contribution in [3.05, 3.63) is 30.2 Å². The van der Waals surface area contributed by atoms with Gasteiger partial charge >= 0.3 is 0 Å². The van der Waals surface area contributed by atoms with Crippen LogP contribution in [0.3, 0.4) is 0 Å². The fourth-order valence-electron chi connectivity index (χ4n) is 1.14. The van der Waals surface area contributed by atoms with Crippen molar-refractivity contribution in [3.63, 3.8) is 0 Å². The van der Waals surface area contributed by atoms with Gasteiger partial charge in [0, 0.05) is 5.41 Å². The number of hydrogen-bond acceptors (Lipinski definition) is 2. The van der Waals surface area contributed by atoms with Gasteiger partial charge in [-0.05, 0) is 18.2 Å². The smallest absolute Gasteiger partial charge is 0.200 e. The van der Waals surface area contributed by atoms with Crippen LogP contribution in [0.4, 0.5) is 0 Å². The number of nitrogens with zero attached hydrogens (tertiary/aromatic N) is 1. The Kier molecular flexibility index (Phi) is 1.65. The third kappa shape index (κ3) is 1.44. The third-order valence-corrected chi connectivity index (χ3v) is 1.87. The summed E-state index contributed by atoms with van der Waals surface area (Å²) >= 11 is 0. The van der Waals surface area contributed by atoms with Crippen molar-refractivity contribution in [2.45, 2.75) is 26.2 Å². The number of rotatable bonds is 0. The van der Waals surface area contributed by atoms with E-state index in [0.717, 1.165) is 17.0 Å². The molecular formula is C11H12NO. The lowest BCUT2D eigenvalue weighted by Gasteiger charge is -2.11. The average molecular weight is 174 g/mol. The highest BCUT2D eigenvalue weighted by atomic mass is 16.3. The van der Waals surface area contributed by atoms with E-state index in [2.05, 4.69) is 31.8 Å². The van der Waals surface area contributed by atoms with Gasteiger partial charge in [0.05, 0.1) is 0 Å². The molecule has 2 nitrogen and oxygen atoms in total. The first-order chi connectivity index (χ1) is 6.07. The number of hydrogen-bond donors (Lipinski definition) is 0. The van der Waals surface area contributed by atoms with E-state index >= 15 is 0 Å². The Morgan fingerprint density at radius 1 is 1.38 bits per heavy atom. The summed E-state index contributed by atoms with van der Waals surface area (Å²) in [6.07, 6.45) is 0. The molecule has 1 aromatic heterocycles. The molecule has 0 N–H and O–H groups in total. The van der Waals surface area contributed by atoms with Crippen LogP contribution in [0.25, 0.3) is 11.1 Å². The lowest BCUT2D eigenvalue weighted by molar-refractivity contribution is 0.411. The maximum absolute atomic E-state index is 5.59. The average Bonchev–Trinajstić information content (AvgIpc) is 2.45. The summed E-state index contributed by atoms with van der Waals surface area (Å²) in [4.78, 5) is 4.40. The number of fused-ring (bicyclic) bond motifs is 1. The topological polar surface area (TPSA) is 26.0 Å². The van der Waals surface area contributed by atoms with Crippen molar-refractivity contribution in [1.29, 1.82) is 0 Å². The van der Waals surface area contributed by atoms with Crippen molar-refractivity contribution in [1.82, 2.24) is 4.98 Å². The Bertz CT molecular complexity index is 390. The van der Waals surface area contributed by atoms with Crippen LogP contribution in [-0.2, 0) is 5.41 Å². The molecule has 0 spiro atoms. The quantitative estimate of drug-likeness (QED) is 0.613. The van der Waals surface area contributed by atoms with Gasteiger partial charge < -0.3 is 4.42 Å². The zero-order chi connectivity index (χ0) is 9.47. The molecule has 0 aliphatic rings. The molecule has 0 saturated carbocycles. The largest absolute Gasteiger partial charge is 0.440 e. The molecule has 2 heteroatoms. The summed E-state index contributed by atoms with van der Waals surface area (Å²) in [5, 5.41) is 0. The van der Waals surface area contributed by atoms with E-state index in [1.807, 2.05) is 18.2 Å². The molecule has 0 atom stereocenters. The Morgan fingerprint density at radius 2 is 2.15 bits per heavy atom. The summed E-state index contributed by atoms with van der Waals surface area (Å²) < 4.78 is 5.59. The molecule has 2 rings (SSSR count). The van der Waals surface area contributed by atoms with Crippen molar-refractivity contribution >= 4 is 11.1 Å². The third-order valence-electron chi connectivity index (χ3n) is 1.87. The van der Waals surface area contributed by atoms with Gasteiger partial charge in [0.2, 0.25) is 5.89 Å². The highest BCUT2D eigenvalue weighted by molar-refractivity contribution is 5.72. The lowest BCUT2D eigenvalue weighted by Crippen LogP contribution is -2.10. The van der Waals surface area contributed by atoms with E-state index < -0.39 is 0 Å². The van der Waals surface area contributed by atoms with E-state index in [-0.39, 0.29) is 5.41 Å². The molecule has 1 heterocycles. The summed E-state index contributed by atoms with van der Waals surface area (Å²) in [6.45, 7) is 6.25. The minimum absolute atomic E-state index is 0.0288. The van der Waals surface area contributed by atoms with Gasteiger partial charge in [0.15, 0.2) is 5.58 Å². The molecule has 13 heavy (non-hydrogen) atoms. The summed E-state index contributed by atoms with van der Waals surface area (Å²) in [7, 11) is 0. The van der Waals surface area contributed by atoms with Gasteiger partial charge in [-0.25, -0.2) is 4.98 Å². The van der Waals surface area contributed by atoms with Crippen LogP contribution >= 0.6 is 0 Å². The van der Waals surface area contributed by atoms with E-state index in [0.29, 0.717) is 0 Å². The Hall–Kier alpha value is -1.31. The van der Waals surface area contributed by atoms with E-state index in [1.54, 1.807) is 0 Å². The number of benzene rings is 1. The van der Waals surface area contributed by atoms with Gasteiger partial charge in [-0.3, -0.25) is 0 Å². The zero-order valence-electron chi connectivity index (χ0n) is 8.09. The van der Waals surface area contributed by atoms with Crippen molar-refractivity contribution in [3.8, 4) is 0 Å². The fraction of sp³-hybridized carbons (Fsp3) is 0.364. The van der Waals surface area contributed by atoms with Gasteiger partial charge in [-0.2, -0.15) is 0 Å². The molecule has 0 aliphatic heterocycles. The minimum Gasteiger partial charge on any atom is -0.440 e. The Morgan fingerprint density at radius 3 is 2.77 bits per heavy atom. The Labute approximate surface area is 77.6 Å². The maximum atomic E-state index is 5.59. The standard InChI is InChI=1S/C11H12NO/c1-11(2,3)10-12-8-6-4-5-7-9(8)13-10/h4,6-7H,1-3H3. The van der Waals surface area contributed by atoms with Gasteiger partial charge in [-0.15, -0.1) is 0 Å². The molecular weight excluding hydrogens is 162 g/mol. The van der Waals surface area contributed by atoms with Crippen LogP contribution in [0, 0.1) is 6.07 Å². The molecule has 0 saturated heterocycles. The molecule has 1 radical (unpaired) electrons. The summed E-state index contributed by atoms with van der Waals surface area (Å²) in [6, 6.07) is 8.54. The van der Waals surface area contributed by atoms with Crippen LogP contribution in [-0.4, -0.2) is 4.98 Å². The first-order valence-electron chi connectivity index (χ1n) is 4.34. The normalized spacial score (nSPS) is 12.2. The molecule has 0 unspecified atom stereocenters. The van der Waals surface area contributed by atoms with Crippen molar-refractivity contribution < 1.29 is 4.42 Å². The summed E-state index contributed by atoms with van der Waals surface area (Å²) in [5.74, 6) is 0.780. The first-order valence-corrected chi connectivity index (χ1v) is 4.34. The number of aromatic nitrogens is 1. The van der Waals surface area contributed by atoms with Gasteiger partial charge in [0.1, 0.15) is 5.52 Å². The maximum Gasteiger partial charge on any atom is 0.200 e. The summed E-state index contributed by atoms with van der Waals surface area (Å²) in [5.41, 5.74) is 1.69. The van der Waals surface area contributed by atoms with Gasteiger partial charge in [-0.1, -0.05) is 26.8 Å². The van der Waals surface area contributed by atoms with Crippen molar-refractivity contribution in [2.75, 3.05) is 0 Å². The molecule has 0 amide bonds. The van der Waals surface area contributed by atoms with Crippen LogP contribution < -0.4 is 0 Å². The second-order valence-electron chi connectivity index (χ2n) is 4.16. The predicted octanol–water partition coefficient (Wildman–Crippen LogP) is 2.93. The molecule has 0 fully saturated rings. The van der Waals surface area contributed by atoms with Crippen LogP contribution in [0.5, 0.6) is 0 Å². The van der Waals surface area contributed by atoms with Crippen LogP contribution in [0.15, 0.2) is 22.6 Å². The SMILES string of the molecule is CC(C)(C)c1nc2cc[c]cc2o1. The zero-order valence-corrected chi connectivity index (χ0v) is 8.09. The predicted molar refractivity (Wildman–Crippen MR) is 51.5 cm³/mol.